The van der Waals surface area contributed by atoms with E-state index < -0.39 is 0 Å². The highest BCUT2D eigenvalue weighted by atomic mass is 16.7. The van der Waals surface area contributed by atoms with Crippen molar-refractivity contribution in [2.75, 3.05) is 0 Å². The lowest BCUT2D eigenvalue weighted by molar-refractivity contribution is -0.0555. The van der Waals surface area contributed by atoms with Crippen molar-refractivity contribution in [3.63, 3.8) is 0 Å². The minimum absolute atomic E-state index is 0.504. The van der Waals surface area contributed by atoms with Crippen molar-refractivity contribution in [1.82, 2.24) is 5.48 Å². The molecule has 0 aromatic carbocycles. The van der Waals surface area contributed by atoms with E-state index in [1.165, 1.54) is 51.4 Å². The molecule has 0 aromatic rings. The van der Waals surface area contributed by atoms with E-state index in [0.29, 0.717) is 12.1 Å². The molecule has 2 unspecified atom stereocenters. The monoisotopic (exact) mass is 197 g/mol. The van der Waals surface area contributed by atoms with Crippen molar-refractivity contribution in [1.29, 1.82) is 0 Å². The van der Waals surface area contributed by atoms with Crippen LogP contribution >= 0.6 is 0 Å². The molecule has 0 heterocycles. The van der Waals surface area contributed by atoms with Gasteiger partial charge in [0.15, 0.2) is 0 Å². The van der Waals surface area contributed by atoms with Gasteiger partial charge in [0.1, 0.15) is 0 Å². The van der Waals surface area contributed by atoms with Crippen LogP contribution in [0.5, 0.6) is 0 Å². The summed E-state index contributed by atoms with van der Waals surface area (Å²) >= 11 is 0. The first-order valence-corrected chi connectivity index (χ1v) is 6.27. The first-order chi connectivity index (χ1) is 6.86. The van der Waals surface area contributed by atoms with Crippen molar-refractivity contribution in [2.24, 2.45) is 5.92 Å². The molecular formula is C12H23NO. The molecule has 2 aliphatic rings. The summed E-state index contributed by atoms with van der Waals surface area (Å²) in [6, 6.07) is 0.615. The molecule has 82 valence electrons. The Morgan fingerprint density at radius 1 is 0.929 bits per heavy atom. The highest BCUT2D eigenvalue weighted by Crippen LogP contribution is 2.25. The number of nitrogens with one attached hydrogen (secondary N) is 1. The maximum Gasteiger partial charge on any atom is 0.0790 e. The molecule has 0 amide bonds. The molecule has 0 saturated heterocycles. The Kier molecular flexibility index (Phi) is 3.82. The summed E-state index contributed by atoms with van der Waals surface area (Å²) in [5.41, 5.74) is 3.31. The lowest BCUT2D eigenvalue weighted by Gasteiger charge is -2.30. The zero-order valence-electron chi connectivity index (χ0n) is 9.30. The van der Waals surface area contributed by atoms with Crippen molar-refractivity contribution < 1.29 is 4.84 Å². The second kappa shape index (κ2) is 5.13. The van der Waals surface area contributed by atoms with Gasteiger partial charge in [0.05, 0.1) is 6.10 Å². The molecule has 2 saturated carbocycles. The van der Waals surface area contributed by atoms with Crippen LogP contribution < -0.4 is 5.48 Å². The lowest BCUT2D eigenvalue weighted by Crippen LogP contribution is -2.39. The molecule has 2 nitrogen and oxygen atoms in total. The predicted molar refractivity (Wildman–Crippen MR) is 57.9 cm³/mol. The fraction of sp³-hybridized carbons (Fsp3) is 1.00. The average Bonchev–Trinajstić information content (AvgIpc) is 2.69. The standard InChI is InChI=1S/C12H23NO/c1-10-6-2-5-9-12(10)13-14-11-7-3-4-8-11/h10-13H,2-9H2,1H3. The van der Waals surface area contributed by atoms with Gasteiger partial charge in [-0.2, -0.15) is 5.48 Å². The first kappa shape index (κ1) is 10.4. The molecular weight excluding hydrogens is 174 g/mol. The van der Waals surface area contributed by atoms with E-state index in [9.17, 15) is 0 Å². The fourth-order valence-electron chi connectivity index (χ4n) is 2.68. The van der Waals surface area contributed by atoms with Crippen LogP contribution in [0.25, 0.3) is 0 Å². The van der Waals surface area contributed by atoms with Gasteiger partial charge in [-0.3, -0.25) is 4.84 Å². The van der Waals surface area contributed by atoms with Crippen LogP contribution in [0.4, 0.5) is 0 Å². The second-order valence-corrected chi connectivity index (χ2v) is 5.01. The van der Waals surface area contributed by atoms with Crippen molar-refractivity contribution in [3.05, 3.63) is 0 Å². The van der Waals surface area contributed by atoms with E-state index in [4.69, 9.17) is 4.84 Å². The molecule has 2 heteroatoms. The fourth-order valence-corrected chi connectivity index (χ4v) is 2.68. The summed E-state index contributed by atoms with van der Waals surface area (Å²) in [6.45, 7) is 2.34. The average molecular weight is 197 g/mol. The Bertz CT molecular complexity index is 166. The zero-order valence-corrected chi connectivity index (χ0v) is 9.30. The van der Waals surface area contributed by atoms with Crippen LogP contribution in [0.2, 0.25) is 0 Å². The van der Waals surface area contributed by atoms with E-state index in [0.717, 1.165) is 5.92 Å². The highest BCUT2D eigenvalue weighted by Gasteiger charge is 2.23. The Hall–Kier alpha value is -0.0800. The Labute approximate surface area is 87.4 Å². The molecule has 14 heavy (non-hydrogen) atoms. The van der Waals surface area contributed by atoms with Gasteiger partial charge in [-0.1, -0.05) is 32.6 Å². The molecule has 2 fully saturated rings. The third kappa shape index (κ3) is 2.71. The van der Waals surface area contributed by atoms with Crippen LogP contribution in [0.1, 0.15) is 58.3 Å². The number of hydroxylamine groups is 1. The van der Waals surface area contributed by atoms with E-state index in [-0.39, 0.29) is 0 Å². The normalized spacial score (nSPS) is 34.9. The first-order valence-electron chi connectivity index (χ1n) is 6.27. The van der Waals surface area contributed by atoms with Gasteiger partial charge < -0.3 is 0 Å². The summed E-state index contributed by atoms with van der Waals surface area (Å²) < 4.78 is 0. The van der Waals surface area contributed by atoms with E-state index in [1.807, 2.05) is 0 Å². The summed E-state index contributed by atoms with van der Waals surface area (Å²) in [7, 11) is 0. The Balaban J connectivity index is 1.67. The predicted octanol–water partition coefficient (Wildman–Crippen LogP) is 3.03. The molecule has 0 bridgehead atoms. The van der Waals surface area contributed by atoms with Gasteiger partial charge >= 0.3 is 0 Å². The minimum Gasteiger partial charge on any atom is -0.298 e. The molecule has 1 N–H and O–H groups in total. The van der Waals surface area contributed by atoms with Crippen LogP contribution in [0, 0.1) is 5.92 Å². The zero-order chi connectivity index (χ0) is 9.80. The Morgan fingerprint density at radius 2 is 1.57 bits per heavy atom. The molecule has 0 radical (unpaired) electrons. The quantitative estimate of drug-likeness (QED) is 0.702. The van der Waals surface area contributed by atoms with Crippen LogP contribution in [0.15, 0.2) is 0 Å². The topological polar surface area (TPSA) is 21.3 Å². The van der Waals surface area contributed by atoms with Gasteiger partial charge in [0, 0.05) is 6.04 Å². The van der Waals surface area contributed by atoms with Gasteiger partial charge in [-0.25, -0.2) is 0 Å². The van der Waals surface area contributed by atoms with Gasteiger partial charge in [-0.15, -0.1) is 0 Å². The SMILES string of the molecule is CC1CCCCC1NOC1CCCC1. The van der Waals surface area contributed by atoms with Crippen molar-refractivity contribution in [2.45, 2.75) is 70.4 Å². The largest absolute Gasteiger partial charge is 0.298 e. The maximum absolute atomic E-state index is 5.76. The molecule has 0 spiro atoms. The molecule has 2 aliphatic carbocycles. The van der Waals surface area contributed by atoms with Gasteiger partial charge in [0.2, 0.25) is 0 Å². The van der Waals surface area contributed by atoms with Crippen molar-refractivity contribution in [3.8, 4) is 0 Å². The smallest absolute Gasteiger partial charge is 0.0790 e. The van der Waals surface area contributed by atoms with Crippen LogP contribution in [-0.2, 0) is 4.84 Å². The van der Waals surface area contributed by atoms with Crippen LogP contribution in [0.3, 0.4) is 0 Å². The van der Waals surface area contributed by atoms with Gasteiger partial charge in [-0.05, 0) is 31.6 Å². The number of hydrogen-bond donors (Lipinski definition) is 1. The summed E-state index contributed by atoms with van der Waals surface area (Å²) in [5.74, 6) is 0.796. The Morgan fingerprint density at radius 3 is 2.29 bits per heavy atom. The molecule has 2 rings (SSSR count). The summed E-state index contributed by atoms with van der Waals surface area (Å²) in [4.78, 5) is 5.76. The van der Waals surface area contributed by atoms with Crippen LogP contribution in [-0.4, -0.2) is 12.1 Å². The van der Waals surface area contributed by atoms with Crippen molar-refractivity contribution >= 4 is 0 Å². The molecule has 2 atom stereocenters. The summed E-state index contributed by atoms with van der Waals surface area (Å²) in [5, 5.41) is 0. The highest BCUT2D eigenvalue weighted by molar-refractivity contribution is 4.76. The van der Waals surface area contributed by atoms with E-state index in [2.05, 4.69) is 12.4 Å². The van der Waals surface area contributed by atoms with E-state index >= 15 is 0 Å². The minimum atomic E-state index is 0.504. The van der Waals surface area contributed by atoms with Gasteiger partial charge in [0.25, 0.3) is 0 Å². The third-order valence-electron chi connectivity index (χ3n) is 3.80. The summed E-state index contributed by atoms with van der Waals surface area (Å²) in [6.07, 6.45) is 11.2. The van der Waals surface area contributed by atoms with E-state index in [1.54, 1.807) is 0 Å². The third-order valence-corrected chi connectivity index (χ3v) is 3.80. The maximum atomic E-state index is 5.76. The molecule has 0 aromatic heterocycles. The second-order valence-electron chi connectivity index (χ2n) is 5.01. The molecule has 0 aliphatic heterocycles. The lowest BCUT2D eigenvalue weighted by atomic mass is 9.86. The number of hydrogen-bond acceptors (Lipinski definition) is 2. The number of rotatable bonds is 3.